The second kappa shape index (κ2) is 7.60. The largest absolute Gasteiger partial charge is 0.375 e. The van der Waals surface area contributed by atoms with Gasteiger partial charge in [0.2, 0.25) is 0 Å². The van der Waals surface area contributed by atoms with Gasteiger partial charge >= 0.3 is 0 Å². The standard InChI is InChI=1S/C16H27N3O/c1-4-8-17-10-14-7-6-9-18-16(14)19-11-13(3)20-12-15(19)5-2/h6-7,9,13,15,17H,4-5,8,10-12H2,1-3H3. The fraction of sp³-hybridized carbons (Fsp3) is 0.688. The first-order valence-corrected chi connectivity index (χ1v) is 7.79. The number of anilines is 1. The van der Waals surface area contributed by atoms with Crippen molar-refractivity contribution in [3.05, 3.63) is 23.9 Å². The monoisotopic (exact) mass is 277 g/mol. The van der Waals surface area contributed by atoms with Crippen LogP contribution < -0.4 is 10.2 Å². The Balaban J connectivity index is 2.16. The first-order valence-electron chi connectivity index (χ1n) is 7.79. The molecule has 2 rings (SSSR count). The van der Waals surface area contributed by atoms with Crippen LogP contribution in [0.4, 0.5) is 5.82 Å². The molecule has 0 spiro atoms. The zero-order valence-corrected chi connectivity index (χ0v) is 12.9. The van der Waals surface area contributed by atoms with Crippen LogP contribution in [0.2, 0.25) is 0 Å². The Labute approximate surface area is 122 Å². The summed E-state index contributed by atoms with van der Waals surface area (Å²) in [7, 11) is 0. The van der Waals surface area contributed by atoms with Crippen LogP contribution in [0.3, 0.4) is 0 Å². The van der Waals surface area contributed by atoms with Crippen LogP contribution in [0.25, 0.3) is 0 Å². The fourth-order valence-corrected chi connectivity index (χ4v) is 2.67. The lowest BCUT2D eigenvalue weighted by Crippen LogP contribution is -2.49. The van der Waals surface area contributed by atoms with E-state index in [-0.39, 0.29) is 6.10 Å². The minimum absolute atomic E-state index is 0.274. The minimum atomic E-state index is 0.274. The van der Waals surface area contributed by atoms with Gasteiger partial charge in [0.05, 0.1) is 18.8 Å². The maximum Gasteiger partial charge on any atom is 0.133 e. The zero-order chi connectivity index (χ0) is 14.4. The molecular weight excluding hydrogens is 250 g/mol. The predicted molar refractivity (Wildman–Crippen MR) is 83.1 cm³/mol. The normalized spacial score (nSPS) is 23.1. The van der Waals surface area contributed by atoms with Crippen LogP contribution in [0.15, 0.2) is 18.3 Å². The van der Waals surface area contributed by atoms with Gasteiger partial charge in [-0.05, 0) is 32.4 Å². The summed E-state index contributed by atoms with van der Waals surface area (Å²) in [5.41, 5.74) is 1.29. The molecule has 1 aliphatic rings. The van der Waals surface area contributed by atoms with Crippen LogP contribution >= 0.6 is 0 Å². The van der Waals surface area contributed by atoms with Gasteiger partial charge in [0.25, 0.3) is 0 Å². The van der Waals surface area contributed by atoms with E-state index in [1.165, 1.54) is 5.56 Å². The molecule has 1 saturated heterocycles. The molecule has 20 heavy (non-hydrogen) atoms. The quantitative estimate of drug-likeness (QED) is 0.811. The van der Waals surface area contributed by atoms with Crippen LogP contribution in [-0.2, 0) is 11.3 Å². The van der Waals surface area contributed by atoms with Gasteiger partial charge in [0.15, 0.2) is 0 Å². The summed E-state index contributed by atoms with van der Waals surface area (Å²) in [4.78, 5) is 7.07. The zero-order valence-electron chi connectivity index (χ0n) is 12.9. The third kappa shape index (κ3) is 3.70. The Kier molecular flexibility index (Phi) is 5.80. The minimum Gasteiger partial charge on any atom is -0.375 e. The number of ether oxygens (including phenoxy) is 1. The number of nitrogens with one attached hydrogen (secondary N) is 1. The number of rotatable bonds is 6. The van der Waals surface area contributed by atoms with Gasteiger partial charge in [0.1, 0.15) is 5.82 Å². The Bertz CT molecular complexity index is 410. The molecule has 2 atom stereocenters. The molecule has 0 aromatic carbocycles. The van der Waals surface area contributed by atoms with E-state index in [2.05, 4.69) is 42.0 Å². The molecule has 112 valence electrons. The number of hydrogen-bond donors (Lipinski definition) is 1. The van der Waals surface area contributed by atoms with E-state index in [0.717, 1.165) is 44.9 Å². The Morgan fingerprint density at radius 3 is 3.05 bits per heavy atom. The van der Waals surface area contributed by atoms with Crippen molar-refractivity contribution in [3.8, 4) is 0 Å². The van der Waals surface area contributed by atoms with E-state index in [1.54, 1.807) is 0 Å². The molecule has 4 nitrogen and oxygen atoms in total. The summed E-state index contributed by atoms with van der Waals surface area (Å²) in [6.45, 7) is 10.2. The van der Waals surface area contributed by atoms with E-state index >= 15 is 0 Å². The summed E-state index contributed by atoms with van der Waals surface area (Å²) in [6, 6.07) is 4.64. The molecule has 1 aliphatic heterocycles. The van der Waals surface area contributed by atoms with Crippen molar-refractivity contribution in [2.75, 3.05) is 24.6 Å². The van der Waals surface area contributed by atoms with Gasteiger partial charge in [-0.25, -0.2) is 4.98 Å². The van der Waals surface area contributed by atoms with Crippen molar-refractivity contribution < 1.29 is 4.74 Å². The van der Waals surface area contributed by atoms with Crippen molar-refractivity contribution >= 4 is 5.82 Å². The summed E-state index contributed by atoms with van der Waals surface area (Å²) in [5, 5.41) is 3.48. The average molecular weight is 277 g/mol. The lowest BCUT2D eigenvalue weighted by Gasteiger charge is -2.40. The molecule has 1 aromatic rings. The first kappa shape index (κ1) is 15.3. The molecule has 0 amide bonds. The van der Waals surface area contributed by atoms with E-state index in [9.17, 15) is 0 Å². The van der Waals surface area contributed by atoms with Crippen molar-refractivity contribution in [3.63, 3.8) is 0 Å². The SMILES string of the molecule is CCCNCc1cccnc1N1CC(C)OCC1CC. The molecule has 0 radical (unpaired) electrons. The molecule has 2 heterocycles. The van der Waals surface area contributed by atoms with Crippen LogP contribution in [0.5, 0.6) is 0 Å². The molecule has 0 bridgehead atoms. The van der Waals surface area contributed by atoms with E-state index < -0.39 is 0 Å². The van der Waals surface area contributed by atoms with Gasteiger partial charge in [-0.15, -0.1) is 0 Å². The van der Waals surface area contributed by atoms with E-state index in [4.69, 9.17) is 4.74 Å². The second-order valence-electron chi connectivity index (χ2n) is 5.52. The second-order valence-corrected chi connectivity index (χ2v) is 5.52. The lowest BCUT2D eigenvalue weighted by molar-refractivity contribution is 0.0295. The molecule has 0 aliphatic carbocycles. The van der Waals surface area contributed by atoms with Crippen molar-refractivity contribution in [2.45, 2.75) is 52.3 Å². The van der Waals surface area contributed by atoms with E-state index in [0.29, 0.717) is 6.04 Å². The summed E-state index contributed by atoms with van der Waals surface area (Å²) >= 11 is 0. The highest BCUT2D eigenvalue weighted by Crippen LogP contribution is 2.24. The van der Waals surface area contributed by atoms with Gasteiger partial charge in [-0.1, -0.05) is 19.9 Å². The Hall–Kier alpha value is -1.13. The third-order valence-electron chi connectivity index (χ3n) is 3.82. The van der Waals surface area contributed by atoms with Gasteiger partial charge in [0, 0.05) is 24.8 Å². The summed E-state index contributed by atoms with van der Waals surface area (Å²) in [6.07, 6.45) is 4.41. The van der Waals surface area contributed by atoms with Gasteiger partial charge in [-0.2, -0.15) is 0 Å². The number of morpholine rings is 1. The molecule has 0 saturated carbocycles. The Morgan fingerprint density at radius 1 is 1.45 bits per heavy atom. The summed E-state index contributed by atoms with van der Waals surface area (Å²) < 4.78 is 5.79. The van der Waals surface area contributed by atoms with Crippen molar-refractivity contribution in [1.82, 2.24) is 10.3 Å². The lowest BCUT2D eigenvalue weighted by atomic mass is 10.1. The maximum absolute atomic E-state index is 5.79. The van der Waals surface area contributed by atoms with Gasteiger partial charge in [-0.3, -0.25) is 0 Å². The smallest absolute Gasteiger partial charge is 0.133 e. The molecular formula is C16H27N3O. The van der Waals surface area contributed by atoms with Gasteiger partial charge < -0.3 is 15.0 Å². The number of aromatic nitrogens is 1. The average Bonchev–Trinajstić information content (AvgIpc) is 2.48. The molecule has 2 unspecified atom stereocenters. The number of pyridine rings is 1. The summed E-state index contributed by atoms with van der Waals surface area (Å²) in [5.74, 6) is 1.12. The number of nitrogens with zero attached hydrogens (tertiary/aromatic N) is 2. The highest BCUT2D eigenvalue weighted by Gasteiger charge is 2.27. The van der Waals surface area contributed by atoms with Crippen LogP contribution in [-0.4, -0.2) is 36.8 Å². The fourth-order valence-electron chi connectivity index (χ4n) is 2.67. The topological polar surface area (TPSA) is 37.4 Å². The first-order chi connectivity index (χ1) is 9.76. The van der Waals surface area contributed by atoms with Crippen molar-refractivity contribution in [2.24, 2.45) is 0 Å². The highest BCUT2D eigenvalue weighted by atomic mass is 16.5. The molecule has 1 N–H and O–H groups in total. The number of hydrogen-bond acceptors (Lipinski definition) is 4. The van der Waals surface area contributed by atoms with Crippen LogP contribution in [0.1, 0.15) is 39.2 Å². The molecule has 1 fully saturated rings. The molecule has 1 aromatic heterocycles. The highest BCUT2D eigenvalue weighted by molar-refractivity contribution is 5.48. The Morgan fingerprint density at radius 2 is 2.30 bits per heavy atom. The van der Waals surface area contributed by atoms with E-state index in [1.807, 2.05) is 12.3 Å². The predicted octanol–water partition coefficient (Wildman–Crippen LogP) is 2.58. The van der Waals surface area contributed by atoms with Crippen molar-refractivity contribution in [1.29, 1.82) is 0 Å². The molecule has 4 heteroatoms. The third-order valence-corrected chi connectivity index (χ3v) is 3.82. The maximum atomic E-state index is 5.79. The van der Waals surface area contributed by atoms with Crippen LogP contribution in [0, 0.1) is 0 Å².